The standard InChI is InChI=1S/C15H14ClFO2/c1-9-7-10(3-5-13(9)16)15(18)12-8-11(17)4-6-14(12)19-2/h3-8,15,18H,1-2H3. The lowest BCUT2D eigenvalue weighted by molar-refractivity contribution is 0.214. The van der Waals surface area contributed by atoms with E-state index in [1.165, 1.54) is 25.3 Å². The van der Waals surface area contributed by atoms with Crippen LogP contribution >= 0.6 is 11.6 Å². The van der Waals surface area contributed by atoms with E-state index in [0.717, 1.165) is 5.56 Å². The molecule has 4 heteroatoms. The first-order valence-corrected chi connectivity index (χ1v) is 6.18. The zero-order valence-electron chi connectivity index (χ0n) is 10.7. The Balaban J connectivity index is 2.45. The summed E-state index contributed by atoms with van der Waals surface area (Å²) in [5.41, 5.74) is 1.89. The zero-order chi connectivity index (χ0) is 14.0. The molecule has 100 valence electrons. The molecule has 1 atom stereocenters. The van der Waals surface area contributed by atoms with Crippen molar-refractivity contribution in [3.8, 4) is 5.75 Å². The van der Waals surface area contributed by atoms with Crippen LogP contribution in [0, 0.1) is 12.7 Å². The molecule has 0 radical (unpaired) electrons. The minimum atomic E-state index is -0.957. The maximum Gasteiger partial charge on any atom is 0.125 e. The fourth-order valence-corrected chi connectivity index (χ4v) is 2.05. The van der Waals surface area contributed by atoms with E-state index in [-0.39, 0.29) is 0 Å². The van der Waals surface area contributed by atoms with E-state index >= 15 is 0 Å². The van der Waals surface area contributed by atoms with E-state index in [2.05, 4.69) is 0 Å². The third-order valence-electron chi connectivity index (χ3n) is 2.98. The normalized spacial score (nSPS) is 12.3. The van der Waals surface area contributed by atoms with Gasteiger partial charge in [-0.15, -0.1) is 0 Å². The van der Waals surface area contributed by atoms with Crippen LogP contribution in [0.15, 0.2) is 36.4 Å². The Bertz CT molecular complexity index is 599. The molecule has 0 aliphatic carbocycles. The summed E-state index contributed by atoms with van der Waals surface area (Å²) < 4.78 is 18.5. The van der Waals surface area contributed by atoms with Gasteiger partial charge in [-0.1, -0.05) is 23.7 Å². The minimum Gasteiger partial charge on any atom is -0.496 e. The summed E-state index contributed by atoms with van der Waals surface area (Å²) in [5.74, 6) is 0.0297. The quantitative estimate of drug-likeness (QED) is 0.924. The van der Waals surface area contributed by atoms with Crippen LogP contribution in [-0.4, -0.2) is 12.2 Å². The molecule has 2 aromatic carbocycles. The van der Waals surface area contributed by atoms with Crippen molar-refractivity contribution in [2.75, 3.05) is 7.11 Å². The van der Waals surface area contributed by atoms with E-state index < -0.39 is 11.9 Å². The molecule has 19 heavy (non-hydrogen) atoms. The van der Waals surface area contributed by atoms with Crippen molar-refractivity contribution in [2.45, 2.75) is 13.0 Å². The smallest absolute Gasteiger partial charge is 0.125 e. The largest absolute Gasteiger partial charge is 0.496 e. The zero-order valence-corrected chi connectivity index (χ0v) is 11.4. The molecule has 1 N–H and O–H groups in total. The molecule has 0 saturated carbocycles. The monoisotopic (exact) mass is 280 g/mol. The highest BCUT2D eigenvalue weighted by Gasteiger charge is 2.17. The molecule has 0 heterocycles. The number of halogens is 2. The number of methoxy groups -OCH3 is 1. The molecule has 2 nitrogen and oxygen atoms in total. The third-order valence-corrected chi connectivity index (χ3v) is 3.41. The molecule has 0 aliphatic heterocycles. The van der Waals surface area contributed by atoms with Crippen molar-refractivity contribution in [2.24, 2.45) is 0 Å². The van der Waals surface area contributed by atoms with Crippen LogP contribution in [0.3, 0.4) is 0 Å². The van der Waals surface area contributed by atoms with Gasteiger partial charge in [-0.2, -0.15) is 0 Å². The van der Waals surface area contributed by atoms with Gasteiger partial charge in [-0.25, -0.2) is 4.39 Å². The first kappa shape index (κ1) is 13.8. The van der Waals surface area contributed by atoms with Crippen molar-refractivity contribution in [1.82, 2.24) is 0 Å². The molecule has 0 saturated heterocycles. The number of hydrogen-bond donors (Lipinski definition) is 1. The first-order valence-electron chi connectivity index (χ1n) is 5.80. The number of ether oxygens (including phenoxy) is 1. The third kappa shape index (κ3) is 2.88. The number of aliphatic hydroxyl groups excluding tert-OH is 1. The average Bonchev–Trinajstić information content (AvgIpc) is 2.41. The molecule has 0 aromatic heterocycles. The number of rotatable bonds is 3. The fourth-order valence-electron chi connectivity index (χ4n) is 1.94. The highest BCUT2D eigenvalue weighted by atomic mass is 35.5. The van der Waals surface area contributed by atoms with E-state index in [0.29, 0.717) is 21.9 Å². The summed E-state index contributed by atoms with van der Waals surface area (Å²) in [7, 11) is 1.48. The van der Waals surface area contributed by atoms with Crippen molar-refractivity contribution < 1.29 is 14.2 Å². The van der Waals surface area contributed by atoms with Crippen molar-refractivity contribution in [3.05, 3.63) is 63.9 Å². The van der Waals surface area contributed by atoms with Gasteiger partial charge >= 0.3 is 0 Å². The van der Waals surface area contributed by atoms with Crippen LogP contribution in [0.2, 0.25) is 5.02 Å². The molecule has 0 spiro atoms. The predicted octanol–water partition coefficient (Wildman–Crippen LogP) is 3.88. The Hall–Kier alpha value is -1.58. The van der Waals surface area contributed by atoms with Crippen molar-refractivity contribution >= 4 is 11.6 Å². The Morgan fingerprint density at radius 3 is 2.58 bits per heavy atom. The van der Waals surface area contributed by atoms with Crippen molar-refractivity contribution in [3.63, 3.8) is 0 Å². The second kappa shape index (κ2) is 5.59. The van der Waals surface area contributed by atoms with Gasteiger partial charge in [0, 0.05) is 10.6 Å². The second-order valence-corrected chi connectivity index (χ2v) is 4.70. The number of benzene rings is 2. The molecule has 0 fully saturated rings. The first-order chi connectivity index (χ1) is 9.02. The summed E-state index contributed by atoms with van der Waals surface area (Å²) in [6.07, 6.45) is -0.957. The van der Waals surface area contributed by atoms with Crippen LogP contribution < -0.4 is 4.74 Å². The topological polar surface area (TPSA) is 29.5 Å². The maximum atomic E-state index is 13.3. The molecule has 0 bridgehead atoms. The maximum absolute atomic E-state index is 13.3. The molecule has 2 aromatic rings. The SMILES string of the molecule is COc1ccc(F)cc1C(O)c1ccc(Cl)c(C)c1. The van der Waals surface area contributed by atoms with Crippen LogP contribution in [-0.2, 0) is 0 Å². The van der Waals surface area contributed by atoms with Gasteiger partial charge in [-0.05, 0) is 42.3 Å². The lowest BCUT2D eigenvalue weighted by Crippen LogP contribution is -2.03. The lowest BCUT2D eigenvalue weighted by atomic mass is 9.99. The summed E-state index contributed by atoms with van der Waals surface area (Å²) in [5, 5.41) is 11.0. The van der Waals surface area contributed by atoms with E-state index in [4.69, 9.17) is 16.3 Å². The fraction of sp³-hybridized carbons (Fsp3) is 0.200. The van der Waals surface area contributed by atoms with Gasteiger partial charge in [-0.3, -0.25) is 0 Å². The van der Waals surface area contributed by atoms with Crippen LogP contribution in [0.4, 0.5) is 4.39 Å². The lowest BCUT2D eigenvalue weighted by Gasteiger charge is -2.16. The molecule has 2 rings (SSSR count). The van der Waals surface area contributed by atoms with Gasteiger partial charge in [0.05, 0.1) is 7.11 Å². The summed E-state index contributed by atoms with van der Waals surface area (Å²) in [6, 6.07) is 9.26. The van der Waals surface area contributed by atoms with Gasteiger partial charge in [0.2, 0.25) is 0 Å². The Labute approximate surface area is 116 Å². The van der Waals surface area contributed by atoms with Gasteiger partial charge in [0.25, 0.3) is 0 Å². The van der Waals surface area contributed by atoms with Crippen LogP contribution in [0.5, 0.6) is 5.75 Å². The number of aryl methyl sites for hydroxylation is 1. The van der Waals surface area contributed by atoms with E-state index in [1.807, 2.05) is 6.92 Å². The molecule has 0 aliphatic rings. The molecule has 0 amide bonds. The van der Waals surface area contributed by atoms with Gasteiger partial charge in [0.1, 0.15) is 17.7 Å². The molecular formula is C15H14ClFO2. The van der Waals surface area contributed by atoms with Crippen LogP contribution in [0.1, 0.15) is 22.8 Å². The highest BCUT2D eigenvalue weighted by Crippen LogP contribution is 2.32. The van der Waals surface area contributed by atoms with E-state index in [1.54, 1.807) is 18.2 Å². The second-order valence-electron chi connectivity index (χ2n) is 4.30. The molecule has 1 unspecified atom stereocenters. The number of aliphatic hydroxyl groups is 1. The Morgan fingerprint density at radius 1 is 1.21 bits per heavy atom. The Kier molecular flexibility index (Phi) is 4.08. The van der Waals surface area contributed by atoms with Gasteiger partial charge < -0.3 is 9.84 Å². The van der Waals surface area contributed by atoms with Crippen molar-refractivity contribution in [1.29, 1.82) is 0 Å². The summed E-state index contributed by atoms with van der Waals surface area (Å²) in [6.45, 7) is 1.85. The Morgan fingerprint density at radius 2 is 1.95 bits per heavy atom. The number of hydrogen-bond acceptors (Lipinski definition) is 2. The van der Waals surface area contributed by atoms with Crippen LogP contribution in [0.25, 0.3) is 0 Å². The predicted molar refractivity (Wildman–Crippen MR) is 73.2 cm³/mol. The summed E-state index contributed by atoms with van der Waals surface area (Å²) in [4.78, 5) is 0. The van der Waals surface area contributed by atoms with E-state index in [9.17, 15) is 9.50 Å². The molecular weight excluding hydrogens is 267 g/mol. The van der Waals surface area contributed by atoms with Gasteiger partial charge in [0.15, 0.2) is 0 Å². The summed E-state index contributed by atoms with van der Waals surface area (Å²) >= 11 is 5.95. The minimum absolute atomic E-state index is 0.393. The average molecular weight is 281 g/mol. The highest BCUT2D eigenvalue weighted by molar-refractivity contribution is 6.31.